The number of rotatable bonds is 2. The monoisotopic (exact) mass is 240 g/mol. The van der Waals surface area contributed by atoms with Crippen LogP contribution in [0.25, 0.3) is 10.0 Å². The van der Waals surface area contributed by atoms with Crippen molar-refractivity contribution < 1.29 is 9.53 Å². The first-order valence-corrected chi connectivity index (χ1v) is 5.87. The zero-order valence-corrected chi connectivity index (χ0v) is 9.82. The molecular formula is C9H8N2O2S2. The third-order valence-electron chi connectivity index (χ3n) is 1.78. The molecule has 2 heterocycles. The van der Waals surface area contributed by atoms with Gasteiger partial charge in [0.15, 0.2) is 10.0 Å². The number of nitrogens with zero attached hydrogens (tertiary/aromatic N) is 2. The van der Waals surface area contributed by atoms with E-state index in [0.717, 1.165) is 10.0 Å². The van der Waals surface area contributed by atoms with Crippen molar-refractivity contribution in [1.82, 2.24) is 9.97 Å². The fourth-order valence-electron chi connectivity index (χ4n) is 1.10. The standard InChI is InChI=1S/C9H8N2O2S2/c1-5-6(9(12)13-2)15-8(11-5)7-10-3-4-14-7/h3-4H,1-2H3. The van der Waals surface area contributed by atoms with Gasteiger partial charge in [-0.05, 0) is 6.92 Å². The second-order valence-electron chi connectivity index (χ2n) is 2.76. The molecule has 0 unspecified atom stereocenters. The molecule has 0 N–H and O–H groups in total. The van der Waals surface area contributed by atoms with Crippen molar-refractivity contribution in [2.75, 3.05) is 7.11 Å². The molecular weight excluding hydrogens is 232 g/mol. The number of carbonyl (C=O) groups excluding carboxylic acids is 1. The van der Waals surface area contributed by atoms with Crippen LogP contribution in [0.2, 0.25) is 0 Å². The molecule has 2 aromatic heterocycles. The number of thiazole rings is 2. The number of aryl methyl sites for hydroxylation is 1. The molecule has 0 spiro atoms. The summed E-state index contributed by atoms with van der Waals surface area (Å²) in [5.74, 6) is -0.340. The topological polar surface area (TPSA) is 52.1 Å². The number of methoxy groups -OCH3 is 1. The van der Waals surface area contributed by atoms with Crippen LogP contribution in [-0.4, -0.2) is 23.0 Å². The average Bonchev–Trinajstić information content (AvgIpc) is 2.84. The van der Waals surface area contributed by atoms with Gasteiger partial charge in [0.2, 0.25) is 0 Å². The lowest BCUT2D eigenvalue weighted by molar-refractivity contribution is 0.0605. The normalized spacial score (nSPS) is 10.3. The van der Waals surface area contributed by atoms with Crippen molar-refractivity contribution in [1.29, 1.82) is 0 Å². The number of ether oxygens (including phenoxy) is 1. The summed E-state index contributed by atoms with van der Waals surface area (Å²) in [4.78, 5) is 20.3. The van der Waals surface area contributed by atoms with E-state index in [0.29, 0.717) is 10.6 Å². The molecule has 0 aromatic carbocycles. The minimum Gasteiger partial charge on any atom is -0.465 e. The highest BCUT2D eigenvalue weighted by Crippen LogP contribution is 2.29. The SMILES string of the molecule is COC(=O)c1sc(-c2nccs2)nc1C. The van der Waals surface area contributed by atoms with Crippen LogP contribution in [0.15, 0.2) is 11.6 Å². The second-order valence-corrected chi connectivity index (χ2v) is 4.66. The third kappa shape index (κ3) is 1.91. The second kappa shape index (κ2) is 4.08. The van der Waals surface area contributed by atoms with Crippen molar-refractivity contribution in [3.05, 3.63) is 22.1 Å². The molecule has 0 aliphatic rings. The quantitative estimate of drug-likeness (QED) is 0.756. The van der Waals surface area contributed by atoms with Crippen molar-refractivity contribution in [2.24, 2.45) is 0 Å². The summed E-state index contributed by atoms with van der Waals surface area (Å²) in [6, 6.07) is 0. The van der Waals surface area contributed by atoms with E-state index in [1.54, 1.807) is 13.1 Å². The van der Waals surface area contributed by atoms with Crippen LogP contribution in [-0.2, 0) is 4.74 Å². The molecule has 0 radical (unpaired) electrons. The minimum atomic E-state index is -0.340. The maximum atomic E-state index is 11.3. The van der Waals surface area contributed by atoms with E-state index in [9.17, 15) is 4.79 Å². The summed E-state index contributed by atoms with van der Waals surface area (Å²) in [6.45, 7) is 1.79. The molecule has 0 saturated carbocycles. The third-order valence-corrected chi connectivity index (χ3v) is 3.84. The first kappa shape index (κ1) is 10.3. The predicted molar refractivity (Wildman–Crippen MR) is 59.3 cm³/mol. The van der Waals surface area contributed by atoms with Crippen LogP contribution >= 0.6 is 22.7 Å². The van der Waals surface area contributed by atoms with E-state index < -0.39 is 0 Å². The maximum Gasteiger partial charge on any atom is 0.349 e. The largest absolute Gasteiger partial charge is 0.465 e. The Morgan fingerprint density at radius 2 is 2.27 bits per heavy atom. The Kier molecular flexibility index (Phi) is 2.79. The van der Waals surface area contributed by atoms with Crippen LogP contribution in [0, 0.1) is 6.92 Å². The lowest BCUT2D eigenvalue weighted by Gasteiger charge is -1.93. The fourth-order valence-corrected chi connectivity index (χ4v) is 2.76. The molecule has 0 atom stereocenters. The van der Waals surface area contributed by atoms with Crippen molar-refractivity contribution in [3.63, 3.8) is 0 Å². The summed E-state index contributed by atoms with van der Waals surface area (Å²) in [6.07, 6.45) is 1.72. The van der Waals surface area contributed by atoms with E-state index in [1.807, 2.05) is 5.38 Å². The predicted octanol–water partition coefficient (Wildman–Crippen LogP) is 2.36. The summed E-state index contributed by atoms with van der Waals surface area (Å²) in [5, 5.41) is 3.48. The highest BCUT2D eigenvalue weighted by atomic mass is 32.1. The van der Waals surface area contributed by atoms with Gasteiger partial charge in [-0.25, -0.2) is 14.8 Å². The van der Waals surface area contributed by atoms with Crippen molar-refractivity contribution in [3.8, 4) is 10.0 Å². The van der Waals surface area contributed by atoms with Crippen LogP contribution in [0.5, 0.6) is 0 Å². The molecule has 4 nitrogen and oxygen atoms in total. The highest BCUT2D eigenvalue weighted by Gasteiger charge is 2.17. The van der Waals surface area contributed by atoms with Gasteiger partial charge in [-0.2, -0.15) is 0 Å². The van der Waals surface area contributed by atoms with Gasteiger partial charge >= 0.3 is 5.97 Å². The number of hydrogen-bond donors (Lipinski definition) is 0. The summed E-state index contributed by atoms with van der Waals surface area (Å²) in [7, 11) is 1.37. The summed E-state index contributed by atoms with van der Waals surface area (Å²) in [5.41, 5.74) is 0.692. The number of esters is 1. The number of aromatic nitrogens is 2. The van der Waals surface area contributed by atoms with Crippen molar-refractivity contribution in [2.45, 2.75) is 6.92 Å². The molecule has 0 aliphatic carbocycles. The molecule has 2 rings (SSSR count). The number of carbonyl (C=O) groups is 1. The number of hydrogen-bond acceptors (Lipinski definition) is 6. The summed E-state index contributed by atoms with van der Waals surface area (Å²) < 4.78 is 4.66. The minimum absolute atomic E-state index is 0.340. The lowest BCUT2D eigenvalue weighted by atomic mass is 10.4. The van der Waals surface area contributed by atoms with Gasteiger partial charge in [-0.3, -0.25) is 0 Å². The Balaban J connectivity index is 2.41. The Morgan fingerprint density at radius 1 is 1.47 bits per heavy atom. The van der Waals surface area contributed by atoms with Gasteiger partial charge in [0.05, 0.1) is 12.8 Å². The Morgan fingerprint density at radius 3 is 2.87 bits per heavy atom. The van der Waals surface area contributed by atoms with Crippen molar-refractivity contribution >= 4 is 28.6 Å². The first-order valence-electron chi connectivity index (χ1n) is 4.18. The van der Waals surface area contributed by atoms with Gasteiger partial charge in [-0.1, -0.05) is 0 Å². The van der Waals surface area contributed by atoms with Gasteiger partial charge in [0, 0.05) is 11.6 Å². The van der Waals surface area contributed by atoms with Crippen LogP contribution < -0.4 is 0 Å². The molecule has 78 valence electrons. The molecule has 2 aromatic rings. The van der Waals surface area contributed by atoms with Gasteiger partial charge < -0.3 is 4.74 Å². The highest BCUT2D eigenvalue weighted by molar-refractivity contribution is 7.21. The smallest absolute Gasteiger partial charge is 0.349 e. The molecule has 0 bridgehead atoms. The lowest BCUT2D eigenvalue weighted by Crippen LogP contribution is -1.99. The van der Waals surface area contributed by atoms with Crippen LogP contribution in [0.3, 0.4) is 0 Å². The maximum absolute atomic E-state index is 11.3. The Bertz CT molecular complexity index is 476. The zero-order chi connectivity index (χ0) is 10.8. The molecule has 0 amide bonds. The van der Waals surface area contributed by atoms with E-state index in [4.69, 9.17) is 0 Å². The van der Waals surface area contributed by atoms with E-state index in [-0.39, 0.29) is 5.97 Å². The van der Waals surface area contributed by atoms with E-state index >= 15 is 0 Å². The molecule has 15 heavy (non-hydrogen) atoms. The molecule has 6 heteroatoms. The Hall–Kier alpha value is -1.27. The van der Waals surface area contributed by atoms with Crippen LogP contribution in [0.4, 0.5) is 0 Å². The van der Waals surface area contributed by atoms with E-state index in [1.165, 1.54) is 29.8 Å². The van der Waals surface area contributed by atoms with Crippen LogP contribution in [0.1, 0.15) is 15.4 Å². The zero-order valence-electron chi connectivity index (χ0n) is 8.18. The Labute approximate surface area is 94.6 Å². The molecule has 0 aliphatic heterocycles. The fraction of sp³-hybridized carbons (Fsp3) is 0.222. The first-order chi connectivity index (χ1) is 7.22. The molecule has 0 fully saturated rings. The average molecular weight is 240 g/mol. The van der Waals surface area contributed by atoms with Gasteiger partial charge in [-0.15, -0.1) is 22.7 Å². The van der Waals surface area contributed by atoms with Gasteiger partial charge in [0.1, 0.15) is 4.88 Å². The summed E-state index contributed by atoms with van der Waals surface area (Å²) >= 11 is 2.81. The van der Waals surface area contributed by atoms with Gasteiger partial charge in [0.25, 0.3) is 0 Å². The van der Waals surface area contributed by atoms with E-state index in [2.05, 4.69) is 14.7 Å². The molecule has 0 saturated heterocycles.